The van der Waals surface area contributed by atoms with Crippen molar-refractivity contribution in [1.82, 2.24) is 0 Å². The largest absolute Gasteiger partial charge is 0.497 e. The number of methoxy groups -OCH3 is 1. The Balaban J connectivity index is 1.53. The lowest BCUT2D eigenvalue weighted by Gasteiger charge is -2.14. The van der Waals surface area contributed by atoms with Crippen molar-refractivity contribution >= 4 is 10.8 Å². The third-order valence-electron chi connectivity index (χ3n) is 5.23. The summed E-state index contributed by atoms with van der Waals surface area (Å²) in [7, 11) is 1.67. The van der Waals surface area contributed by atoms with Gasteiger partial charge in [-0.15, -0.1) is 0 Å². The molecule has 30 heavy (non-hydrogen) atoms. The highest BCUT2D eigenvalue weighted by molar-refractivity contribution is 5.87. The molecule has 0 aliphatic heterocycles. The number of quaternary nitrogens is 1. The van der Waals surface area contributed by atoms with Crippen molar-refractivity contribution in [2.24, 2.45) is 0 Å². The Labute approximate surface area is 176 Å². The smallest absolute Gasteiger partial charge is 0.129 e. The zero-order chi connectivity index (χ0) is 20.8. The SMILES string of the molecule is COc1ccc(C[NH2+]Cc2c(OCc3ccccc3F)ccc3ccccc23)cc1. The molecule has 0 heterocycles. The Kier molecular flexibility index (Phi) is 6.26. The van der Waals surface area contributed by atoms with Gasteiger partial charge < -0.3 is 14.8 Å². The van der Waals surface area contributed by atoms with E-state index in [0.29, 0.717) is 5.56 Å². The first-order valence-electron chi connectivity index (χ1n) is 10.1. The zero-order valence-corrected chi connectivity index (χ0v) is 17.0. The van der Waals surface area contributed by atoms with E-state index >= 15 is 0 Å². The van der Waals surface area contributed by atoms with Gasteiger partial charge in [0, 0.05) is 11.1 Å². The summed E-state index contributed by atoms with van der Waals surface area (Å²) in [5, 5.41) is 4.58. The summed E-state index contributed by atoms with van der Waals surface area (Å²) in [6.07, 6.45) is 0. The van der Waals surface area contributed by atoms with Crippen molar-refractivity contribution in [3.05, 3.63) is 107 Å². The first-order valence-corrected chi connectivity index (χ1v) is 10.1. The Morgan fingerprint density at radius 2 is 1.57 bits per heavy atom. The number of rotatable bonds is 8. The summed E-state index contributed by atoms with van der Waals surface area (Å²) in [5.74, 6) is 1.41. The summed E-state index contributed by atoms with van der Waals surface area (Å²) in [6.45, 7) is 1.82. The maximum Gasteiger partial charge on any atom is 0.129 e. The minimum Gasteiger partial charge on any atom is -0.497 e. The van der Waals surface area contributed by atoms with Gasteiger partial charge in [-0.1, -0.05) is 48.5 Å². The van der Waals surface area contributed by atoms with Crippen LogP contribution < -0.4 is 14.8 Å². The molecule has 2 N–H and O–H groups in total. The van der Waals surface area contributed by atoms with E-state index in [4.69, 9.17) is 9.47 Å². The fraction of sp³-hybridized carbons (Fsp3) is 0.154. The molecule has 4 heteroatoms. The Morgan fingerprint density at radius 3 is 2.37 bits per heavy atom. The maximum absolute atomic E-state index is 14.0. The van der Waals surface area contributed by atoms with Crippen LogP contribution in [-0.4, -0.2) is 7.11 Å². The second-order valence-electron chi connectivity index (χ2n) is 7.19. The molecule has 0 bridgehead atoms. The highest BCUT2D eigenvalue weighted by Gasteiger charge is 2.12. The molecule has 0 unspecified atom stereocenters. The summed E-state index contributed by atoms with van der Waals surface area (Å²) in [6, 6.07) is 27.2. The van der Waals surface area contributed by atoms with Gasteiger partial charge in [0.1, 0.15) is 37.0 Å². The molecule has 152 valence electrons. The quantitative estimate of drug-likeness (QED) is 0.458. The number of nitrogens with two attached hydrogens (primary N) is 1. The van der Waals surface area contributed by atoms with Crippen molar-refractivity contribution in [2.45, 2.75) is 19.7 Å². The van der Waals surface area contributed by atoms with E-state index < -0.39 is 0 Å². The molecule has 3 nitrogen and oxygen atoms in total. The topological polar surface area (TPSA) is 35.1 Å². The van der Waals surface area contributed by atoms with Crippen LogP contribution in [0.3, 0.4) is 0 Å². The number of hydrogen-bond donors (Lipinski definition) is 1. The van der Waals surface area contributed by atoms with Gasteiger partial charge in [-0.3, -0.25) is 0 Å². The molecule has 0 fully saturated rings. The molecule has 0 radical (unpaired) electrons. The molecule has 4 aromatic carbocycles. The van der Waals surface area contributed by atoms with E-state index in [9.17, 15) is 4.39 Å². The van der Waals surface area contributed by atoms with E-state index in [1.807, 2.05) is 36.4 Å². The highest BCUT2D eigenvalue weighted by atomic mass is 19.1. The molecule has 0 saturated heterocycles. The van der Waals surface area contributed by atoms with Crippen LogP contribution in [0.2, 0.25) is 0 Å². The van der Waals surface area contributed by atoms with Crippen LogP contribution >= 0.6 is 0 Å². The molecule has 4 rings (SSSR count). The van der Waals surface area contributed by atoms with Crippen molar-refractivity contribution in [2.75, 3.05) is 7.11 Å². The van der Waals surface area contributed by atoms with E-state index in [1.165, 1.54) is 17.0 Å². The molecular weight excluding hydrogens is 377 g/mol. The Bertz CT molecular complexity index is 1130. The van der Waals surface area contributed by atoms with Crippen LogP contribution in [0, 0.1) is 5.82 Å². The first kappa shape index (κ1) is 19.9. The standard InChI is InChI=1S/C26H24FNO2/c1-29-22-13-10-19(11-14-22)16-28-17-24-23-8-4-2-6-20(23)12-15-26(24)30-18-21-7-3-5-9-25(21)27/h2-15,28H,16-18H2,1H3/p+1. The number of halogens is 1. The van der Waals surface area contributed by atoms with Crippen LogP contribution in [0.5, 0.6) is 11.5 Å². The summed E-state index contributed by atoms with van der Waals surface area (Å²) < 4.78 is 25.3. The van der Waals surface area contributed by atoms with Gasteiger partial charge in [-0.2, -0.15) is 0 Å². The lowest BCUT2D eigenvalue weighted by molar-refractivity contribution is -0.686. The Hall–Kier alpha value is -3.37. The lowest BCUT2D eigenvalue weighted by atomic mass is 10.0. The van der Waals surface area contributed by atoms with Gasteiger partial charge in [-0.05, 0) is 47.2 Å². The van der Waals surface area contributed by atoms with E-state index in [2.05, 4.69) is 35.6 Å². The molecule has 0 atom stereocenters. The predicted molar refractivity (Wildman–Crippen MR) is 117 cm³/mol. The minimum atomic E-state index is -0.245. The molecule has 0 amide bonds. The van der Waals surface area contributed by atoms with Crippen molar-refractivity contribution in [1.29, 1.82) is 0 Å². The average Bonchev–Trinajstić information content (AvgIpc) is 2.79. The number of benzene rings is 4. The van der Waals surface area contributed by atoms with Crippen molar-refractivity contribution < 1.29 is 19.2 Å². The van der Waals surface area contributed by atoms with Crippen LogP contribution in [0.1, 0.15) is 16.7 Å². The number of ether oxygens (including phenoxy) is 2. The molecule has 0 saturated carbocycles. The summed E-state index contributed by atoms with van der Waals surface area (Å²) >= 11 is 0. The summed E-state index contributed by atoms with van der Waals surface area (Å²) in [5.41, 5.74) is 2.90. The van der Waals surface area contributed by atoms with Gasteiger partial charge in [0.2, 0.25) is 0 Å². The average molecular weight is 402 g/mol. The Morgan fingerprint density at radius 1 is 0.800 bits per heavy atom. The second-order valence-corrected chi connectivity index (χ2v) is 7.19. The zero-order valence-electron chi connectivity index (χ0n) is 17.0. The first-order chi connectivity index (χ1) is 14.7. The lowest BCUT2D eigenvalue weighted by Crippen LogP contribution is -2.80. The van der Waals surface area contributed by atoms with Gasteiger partial charge in [-0.25, -0.2) is 4.39 Å². The van der Waals surface area contributed by atoms with Crippen LogP contribution in [0.4, 0.5) is 4.39 Å². The number of hydrogen-bond acceptors (Lipinski definition) is 2. The normalized spacial score (nSPS) is 10.9. The molecule has 4 aromatic rings. The maximum atomic E-state index is 14.0. The molecular formula is C26H25FNO2+. The van der Waals surface area contributed by atoms with Crippen LogP contribution in [0.15, 0.2) is 84.9 Å². The fourth-order valence-electron chi connectivity index (χ4n) is 3.58. The molecule has 0 spiro atoms. The predicted octanol–water partition coefficient (Wildman–Crippen LogP) is 4.83. The van der Waals surface area contributed by atoms with Gasteiger partial charge in [0.15, 0.2) is 0 Å². The van der Waals surface area contributed by atoms with E-state index in [-0.39, 0.29) is 12.4 Å². The third kappa shape index (κ3) is 4.61. The van der Waals surface area contributed by atoms with Crippen molar-refractivity contribution in [3.63, 3.8) is 0 Å². The van der Waals surface area contributed by atoms with Crippen LogP contribution in [-0.2, 0) is 19.7 Å². The monoisotopic (exact) mass is 402 g/mol. The molecule has 0 aromatic heterocycles. The molecule has 0 aliphatic rings. The van der Waals surface area contributed by atoms with Gasteiger partial charge in [0.05, 0.1) is 12.7 Å². The second kappa shape index (κ2) is 9.42. The van der Waals surface area contributed by atoms with Gasteiger partial charge >= 0.3 is 0 Å². The highest BCUT2D eigenvalue weighted by Crippen LogP contribution is 2.28. The van der Waals surface area contributed by atoms with E-state index in [0.717, 1.165) is 35.5 Å². The van der Waals surface area contributed by atoms with Crippen LogP contribution in [0.25, 0.3) is 10.8 Å². The third-order valence-corrected chi connectivity index (χ3v) is 5.23. The van der Waals surface area contributed by atoms with E-state index in [1.54, 1.807) is 19.2 Å². The van der Waals surface area contributed by atoms with Crippen molar-refractivity contribution in [3.8, 4) is 11.5 Å². The molecule has 0 aliphatic carbocycles. The summed E-state index contributed by atoms with van der Waals surface area (Å²) in [4.78, 5) is 0. The van der Waals surface area contributed by atoms with Gasteiger partial charge in [0.25, 0.3) is 0 Å². The minimum absolute atomic E-state index is 0.205. The number of fused-ring (bicyclic) bond motifs is 1. The fourth-order valence-corrected chi connectivity index (χ4v) is 3.58.